The maximum atomic E-state index is 12.0. The first-order valence-electron chi connectivity index (χ1n) is 10.4. The number of carboxylic acid groups (broad SMARTS) is 1. The zero-order chi connectivity index (χ0) is 20.0. The molecule has 0 unspecified atom stereocenters. The molecule has 2 N–H and O–H groups in total. The monoisotopic (exact) mass is 456 g/mol. The van der Waals surface area contributed by atoms with E-state index in [1.165, 1.54) is 11.1 Å². The minimum atomic E-state index is -0.683. The van der Waals surface area contributed by atoms with E-state index in [-0.39, 0.29) is 17.9 Å². The molecule has 7 heteroatoms. The van der Waals surface area contributed by atoms with Gasteiger partial charge >= 0.3 is 5.97 Å². The van der Waals surface area contributed by atoms with E-state index < -0.39 is 5.97 Å². The van der Waals surface area contributed by atoms with Gasteiger partial charge in [-0.1, -0.05) is 24.3 Å². The number of carboxylic acids is 1. The highest BCUT2D eigenvalue weighted by Crippen LogP contribution is 2.46. The number of aliphatic carboxylic acids is 1. The van der Waals surface area contributed by atoms with Crippen LogP contribution in [0.2, 0.25) is 0 Å². The van der Waals surface area contributed by atoms with Crippen LogP contribution < -0.4 is 10.2 Å². The summed E-state index contributed by atoms with van der Waals surface area (Å²) in [5.74, 6) is 1.25. The molecule has 0 spiro atoms. The Morgan fingerprint density at radius 1 is 1.10 bits per heavy atom. The van der Waals surface area contributed by atoms with Crippen LogP contribution in [0.15, 0.2) is 35.1 Å². The number of aromatic nitrogens is 2. The minimum Gasteiger partial charge on any atom is -0.481 e. The molecule has 0 saturated heterocycles. The molecule has 0 amide bonds. The largest absolute Gasteiger partial charge is 0.481 e. The molecule has 2 heterocycles. The van der Waals surface area contributed by atoms with Crippen molar-refractivity contribution >= 4 is 33.5 Å². The molecule has 29 heavy (non-hydrogen) atoms. The molecule has 0 radical (unpaired) electrons. The normalized spacial score (nSPS) is 28.1. The van der Waals surface area contributed by atoms with Crippen LogP contribution in [0.4, 0.5) is 11.6 Å². The van der Waals surface area contributed by atoms with Crippen molar-refractivity contribution in [1.29, 1.82) is 0 Å². The number of nitrogens with zero attached hydrogens (tertiary/aromatic N) is 3. The van der Waals surface area contributed by atoms with E-state index in [2.05, 4.69) is 60.4 Å². The lowest BCUT2D eigenvalue weighted by Crippen LogP contribution is -2.51. The van der Waals surface area contributed by atoms with Crippen LogP contribution in [-0.2, 0) is 17.8 Å². The Hall–Kier alpha value is -2.15. The molecule has 152 valence electrons. The first-order valence-corrected chi connectivity index (χ1v) is 11.2. The molecule has 1 aromatic carbocycles. The summed E-state index contributed by atoms with van der Waals surface area (Å²) in [5, 5.41) is 13.3. The summed E-state index contributed by atoms with van der Waals surface area (Å²) in [6.45, 7) is 1.73. The number of hydrogen-bond donors (Lipinski definition) is 2. The van der Waals surface area contributed by atoms with Crippen molar-refractivity contribution in [2.24, 2.45) is 17.8 Å². The quantitative estimate of drug-likeness (QED) is 0.674. The van der Waals surface area contributed by atoms with E-state index in [0.29, 0.717) is 16.5 Å². The Bertz CT molecular complexity index is 929. The molecular weight excluding hydrogens is 432 g/mol. The lowest BCUT2D eigenvalue weighted by Gasteiger charge is -2.47. The van der Waals surface area contributed by atoms with Gasteiger partial charge in [0.2, 0.25) is 0 Å². The molecule has 3 fully saturated rings. The average molecular weight is 457 g/mol. The summed E-state index contributed by atoms with van der Waals surface area (Å²) >= 11 is 3.46. The van der Waals surface area contributed by atoms with Crippen molar-refractivity contribution in [3.8, 4) is 0 Å². The number of carbonyl (C=O) groups is 1. The number of rotatable bonds is 4. The Morgan fingerprint density at radius 2 is 1.83 bits per heavy atom. The van der Waals surface area contributed by atoms with Crippen molar-refractivity contribution in [2.75, 3.05) is 16.8 Å². The number of halogens is 1. The van der Waals surface area contributed by atoms with Crippen LogP contribution in [0.1, 0.15) is 36.8 Å². The number of nitrogens with one attached hydrogen (secondary N) is 1. The maximum absolute atomic E-state index is 12.0. The van der Waals surface area contributed by atoms with Crippen molar-refractivity contribution in [1.82, 2.24) is 9.97 Å². The highest BCUT2D eigenvalue weighted by molar-refractivity contribution is 9.10. The second-order valence-corrected chi connectivity index (χ2v) is 9.24. The van der Waals surface area contributed by atoms with E-state index in [0.717, 1.165) is 51.0 Å². The minimum absolute atomic E-state index is 0.0586. The van der Waals surface area contributed by atoms with Gasteiger partial charge in [0.1, 0.15) is 11.6 Å². The van der Waals surface area contributed by atoms with Crippen LogP contribution in [-0.4, -0.2) is 33.6 Å². The lowest BCUT2D eigenvalue weighted by atomic mass is 9.61. The van der Waals surface area contributed by atoms with Crippen molar-refractivity contribution < 1.29 is 9.90 Å². The summed E-state index contributed by atoms with van der Waals surface area (Å²) in [7, 11) is 0. The Balaban J connectivity index is 1.39. The highest BCUT2D eigenvalue weighted by atomic mass is 79.9. The van der Waals surface area contributed by atoms with Crippen LogP contribution in [0.5, 0.6) is 0 Å². The molecule has 3 aliphatic carbocycles. The van der Waals surface area contributed by atoms with Crippen molar-refractivity contribution in [2.45, 2.75) is 44.7 Å². The third kappa shape index (κ3) is 3.61. The van der Waals surface area contributed by atoms with Gasteiger partial charge in [-0.3, -0.25) is 4.79 Å². The van der Waals surface area contributed by atoms with Gasteiger partial charge in [0.15, 0.2) is 4.73 Å². The van der Waals surface area contributed by atoms with Gasteiger partial charge in [-0.25, -0.2) is 9.97 Å². The summed E-state index contributed by atoms with van der Waals surface area (Å²) in [4.78, 5) is 23.3. The third-order valence-corrected chi connectivity index (χ3v) is 7.31. The lowest BCUT2D eigenvalue weighted by molar-refractivity contribution is -0.148. The van der Waals surface area contributed by atoms with Crippen LogP contribution in [0, 0.1) is 17.8 Å². The van der Waals surface area contributed by atoms with Gasteiger partial charge in [0, 0.05) is 25.2 Å². The first-order chi connectivity index (χ1) is 14.1. The average Bonchev–Trinajstić information content (AvgIpc) is 2.73. The zero-order valence-corrected chi connectivity index (χ0v) is 17.8. The van der Waals surface area contributed by atoms with Gasteiger partial charge < -0.3 is 15.3 Å². The zero-order valence-electron chi connectivity index (χ0n) is 16.2. The summed E-state index contributed by atoms with van der Waals surface area (Å²) in [5.41, 5.74) is 2.73. The summed E-state index contributed by atoms with van der Waals surface area (Å²) in [6, 6.07) is 10.5. The maximum Gasteiger partial charge on any atom is 0.308 e. The molecule has 2 bridgehead atoms. The molecule has 1 aromatic heterocycles. The molecule has 2 aromatic rings. The van der Waals surface area contributed by atoms with Crippen LogP contribution >= 0.6 is 15.9 Å². The predicted molar refractivity (Wildman–Crippen MR) is 115 cm³/mol. The Labute approximate surface area is 178 Å². The van der Waals surface area contributed by atoms with Gasteiger partial charge in [-0.05, 0) is 71.0 Å². The molecule has 6 nitrogen and oxygen atoms in total. The summed E-state index contributed by atoms with van der Waals surface area (Å²) < 4.78 is 0.532. The van der Waals surface area contributed by atoms with Crippen molar-refractivity contribution in [3.05, 3.63) is 46.2 Å². The van der Waals surface area contributed by atoms with Gasteiger partial charge in [0.05, 0.1) is 5.92 Å². The van der Waals surface area contributed by atoms with Crippen molar-refractivity contribution in [3.63, 3.8) is 0 Å². The molecular formula is C22H25BrN4O2. The number of hydrogen-bond acceptors (Lipinski definition) is 5. The summed E-state index contributed by atoms with van der Waals surface area (Å²) in [6.07, 6.45) is 5.27. The third-order valence-electron chi connectivity index (χ3n) is 6.96. The first kappa shape index (κ1) is 18.9. The molecule has 1 aliphatic heterocycles. The topological polar surface area (TPSA) is 78.4 Å². The molecule has 4 aliphatic rings. The van der Waals surface area contributed by atoms with Gasteiger partial charge in [-0.15, -0.1) is 0 Å². The number of benzene rings is 1. The van der Waals surface area contributed by atoms with Gasteiger partial charge in [0.25, 0.3) is 0 Å². The van der Waals surface area contributed by atoms with E-state index in [4.69, 9.17) is 0 Å². The fraction of sp³-hybridized carbons (Fsp3) is 0.500. The van der Waals surface area contributed by atoms with Crippen LogP contribution in [0.3, 0.4) is 0 Å². The molecule has 3 saturated carbocycles. The fourth-order valence-electron chi connectivity index (χ4n) is 5.52. The standard InChI is InChI=1S/C22H25BrN4O2/c23-22-25-17(24-20-15-7-5-14(6-8-15)19(20)21(28)29)11-18(26-22)27-10-9-13-3-1-2-4-16(13)12-27/h1-4,11,14-15,19-20H,5-10,12H2,(H,28,29)(H,24,25,26)/t14?,15?,19-,20-/m0/s1. The number of fused-ring (bicyclic) bond motifs is 4. The smallest absolute Gasteiger partial charge is 0.308 e. The Kier molecular flexibility index (Phi) is 4.94. The highest BCUT2D eigenvalue weighted by Gasteiger charge is 2.47. The SMILES string of the molecule is O=C(O)[C@H]1C2CCC(CC2)[C@@H]1Nc1cc(N2CCc3ccccc3C2)nc(Br)n1. The van der Waals surface area contributed by atoms with E-state index in [1.807, 2.05) is 6.07 Å². The fourth-order valence-corrected chi connectivity index (χ4v) is 5.89. The van der Waals surface area contributed by atoms with E-state index >= 15 is 0 Å². The molecule has 2 atom stereocenters. The second kappa shape index (κ2) is 7.59. The Morgan fingerprint density at radius 3 is 2.59 bits per heavy atom. The van der Waals surface area contributed by atoms with E-state index in [9.17, 15) is 9.90 Å². The predicted octanol–water partition coefficient (Wildman–Crippen LogP) is 4.10. The van der Waals surface area contributed by atoms with E-state index in [1.54, 1.807) is 0 Å². The second-order valence-electron chi connectivity index (χ2n) is 8.53. The molecule has 6 rings (SSSR count). The van der Waals surface area contributed by atoms with Gasteiger partial charge in [-0.2, -0.15) is 0 Å². The van der Waals surface area contributed by atoms with Crippen LogP contribution in [0.25, 0.3) is 0 Å². The number of anilines is 2.